The minimum Gasteiger partial charge on any atom is -0.475 e. The van der Waals surface area contributed by atoms with Crippen LogP contribution in [0.4, 0.5) is 39.1 Å². The Balaban J connectivity index is 0.000000529. The highest BCUT2D eigenvalue weighted by Gasteiger charge is 2.60. The van der Waals surface area contributed by atoms with Crippen molar-refractivity contribution in [3.05, 3.63) is 65.6 Å². The lowest BCUT2D eigenvalue weighted by atomic mass is 9.69. The lowest BCUT2D eigenvalue weighted by Gasteiger charge is -2.56. The smallest absolute Gasteiger partial charge is 0.475 e. The highest BCUT2D eigenvalue weighted by molar-refractivity contribution is 5.94. The molecule has 4 N–H and O–H groups in total. The van der Waals surface area contributed by atoms with Crippen LogP contribution in [0.2, 0.25) is 0 Å². The summed E-state index contributed by atoms with van der Waals surface area (Å²) in [6.45, 7) is 2.64. The summed E-state index contributed by atoms with van der Waals surface area (Å²) in [5.41, 5.74) is 6.14. The molecule has 0 atom stereocenters. The second-order valence-electron chi connectivity index (χ2n) is 13.4. The van der Waals surface area contributed by atoms with Gasteiger partial charge in [0, 0.05) is 62.8 Å². The quantitative estimate of drug-likeness (QED) is 0.203. The molecular weight excluding hydrogens is 677 g/mol. The number of imidazole rings is 1. The van der Waals surface area contributed by atoms with Gasteiger partial charge in [-0.2, -0.15) is 13.2 Å². The fourth-order valence-electron chi connectivity index (χ4n) is 7.02. The van der Waals surface area contributed by atoms with Gasteiger partial charge in [-0.3, -0.25) is 14.7 Å². The van der Waals surface area contributed by atoms with Crippen molar-refractivity contribution < 1.29 is 36.6 Å². The molecule has 1 amide bonds. The van der Waals surface area contributed by atoms with Crippen LogP contribution in [-0.4, -0.2) is 99.4 Å². The average molecular weight is 714 g/mol. The normalized spacial score (nSPS) is 19.2. The number of piperidine rings is 1. The number of nitrogens with one attached hydrogen (secondary N) is 3. The zero-order valence-corrected chi connectivity index (χ0v) is 27.6. The number of pyridine rings is 1. The molecule has 1 saturated carbocycles. The number of hydrogen-bond acceptors (Lipinski definition) is 9. The molecule has 4 aromatic rings. The van der Waals surface area contributed by atoms with E-state index in [1.54, 1.807) is 10.7 Å². The van der Waals surface area contributed by atoms with Crippen LogP contribution in [0.1, 0.15) is 40.9 Å². The number of carbonyl (C=O) groups is 2. The Labute approximate surface area is 289 Å². The second-order valence-corrected chi connectivity index (χ2v) is 13.4. The van der Waals surface area contributed by atoms with Crippen LogP contribution in [0, 0.1) is 5.41 Å². The molecule has 270 valence electrons. The van der Waals surface area contributed by atoms with Crippen molar-refractivity contribution in [1.29, 1.82) is 0 Å². The van der Waals surface area contributed by atoms with Crippen molar-refractivity contribution in [3.8, 4) is 11.3 Å². The lowest BCUT2D eigenvalue weighted by molar-refractivity contribution is -0.205. The fourth-order valence-corrected chi connectivity index (χ4v) is 7.02. The molecule has 1 aliphatic carbocycles. The number of alkyl halides is 5. The fraction of sp³-hybridized carbons (Fsp3) is 0.441. The first kappa shape index (κ1) is 34.5. The number of halogens is 5. The minimum absolute atomic E-state index is 0.164. The number of benzene rings is 1. The predicted octanol–water partition coefficient (Wildman–Crippen LogP) is 4.48. The summed E-state index contributed by atoms with van der Waals surface area (Å²) in [6, 6.07) is 12.5. The van der Waals surface area contributed by atoms with Crippen LogP contribution in [0.3, 0.4) is 0 Å². The molecule has 1 aromatic carbocycles. The first-order valence-electron chi connectivity index (χ1n) is 16.6. The summed E-state index contributed by atoms with van der Waals surface area (Å²) in [4.78, 5) is 35.4. The second kappa shape index (κ2) is 13.0. The molecule has 6 heterocycles. The molecule has 3 aromatic heterocycles. The molecule has 3 aliphatic heterocycles. The van der Waals surface area contributed by atoms with Crippen molar-refractivity contribution in [1.82, 2.24) is 35.1 Å². The first-order valence-corrected chi connectivity index (χ1v) is 16.6. The summed E-state index contributed by atoms with van der Waals surface area (Å²) in [7, 11) is 1.84. The van der Waals surface area contributed by atoms with Crippen molar-refractivity contribution in [3.63, 3.8) is 0 Å². The Bertz CT molecular complexity index is 1960. The minimum atomic E-state index is -5.08. The SMILES string of the molecule is CNc1cc(N2CCc3c(-c4ccc(CN5CC6(CCNCC6(F)F)C5)cn4)cccc32)nn2c(C(=O)NC3CC3)cnc12.O=C(O)C(F)(F)F. The molecule has 17 heteroatoms. The number of nitrogens with zero attached hydrogens (tertiary/aromatic N) is 6. The molecule has 51 heavy (non-hydrogen) atoms. The molecule has 12 nitrogen and oxygen atoms in total. The Hall–Kier alpha value is -4.90. The number of likely N-dealkylation sites (tertiary alicyclic amines) is 1. The van der Waals surface area contributed by atoms with Gasteiger partial charge in [0.2, 0.25) is 0 Å². The highest BCUT2D eigenvalue weighted by atomic mass is 19.4. The molecule has 0 bridgehead atoms. The van der Waals surface area contributed by atoms with Gasteiger partial charge in [-0.15, -0.1) is 5.10 Å². The van der Waals surface area contributed by atoms with E-state index in [2.05, 4.69) is 48.9 Å². The molecule has 1 spiro atoms. The standard InChI is InChI=1S/C32H35F2N9O.C2HF3O2/c1-35-25-13-28(40-43-27(15-38-29(25)43)30(44)39-21-6-7-21)42-12-9-23-22(3-2-4-26(23)42)24-8-5-20(14-37-24)16-41-18-31(19-41)10-11-36-17-32(31,33)34;3-2(4,5)1(6)7/h2-5,8,13-15,21,35-36H,6-7,9-12,16-19H2,1H3,(H,39,44);(H,6,7). The highest BCUT2D eigenvalue weighted by Crippen LogP contribution is 2.49. The largest absolute Gasteiger partial charge is 0.490 e. The van der Waals surface area contributed by atoms with Crippen LogP contribution >= 0.6 is 0 Å². The van der Waals surface area contributed by atoms with E-state index < -0.39 is 23.5 Å². The average Bonchev–Trinajstić information content (AvgIpc) is 3.61. The predicted molar refractivity (Wildman–Crippen MR) is 177 cm³/mol. The zero-order chi connectivity index (χ0) is 36.1. The van der Waals surface area contributed by atoms with Crippen LogP contribution in [0.15, 0.2) is 48.8 Å². The Morgan fingerprint density at radius 1 is 1.10 bits per heavy atom. The number of carboxylic acid groups (broad SMARTS) is 1. The summed E-state index contributed by atoms with van der Waals surface area (Å²) in [5, 5.41) is 21.1. The van der Waals surface area contributed by atoms with Crippen molar-refractivity contribution in [2.45, 2.75) is 50.4 Å². The maximum Gasteiger partial charge on any atom is 0.490 e. The number of fused-ring (bicyclic) bond motifs is 2. The van der Waals surface area contributed by atoms with E-state index in [0.29, 0.717) is 43.9 Å². The van der Waals surface area contributed by atoms with E-state index in [4.69, 9.17) is 20.0 Å². The Morgan fingerprint density at radius 3 is 2.51 bits per heavy atom. The van der Waals surface area contributed by atoms with Gasteiger partial charge < -0.3 is 26.0 Å². The maximum atomic E-state index is 14.6. The van der Waals surface area contributed by atoms with E-state index in [1.165, 1.54) is 5.56 Å². The van der Waals surface area contributed by atoms with Crippen molar-refractivity contribution in [2.24, 2.45) is 5.41 Å². The number of aliphatic carboxylic acids is 1. The topological polar surface area (TPSA) is 140 Å². The van der Waals surface area contributed by atoms with E-state index in [1.807, 2.05) is 31.4 Å². The van der Waals surface area contributed by atoms with Crippen LogP contribution < -0.4 is 20.9 Å². The molecule has 3 fully saturated rings. The maximum absolute atomic E-state index is 14.6. The van der Waals surface area contributed by atoms with E-state index in [9.17, 15) is 26.7 Å². The number of carboxylic acids is 1. The van der Waals surface area contributed by atoms with Crippen molar-refractivity contribution >= 4 is 34.7 Å². The molecule has 4 aliphatic rings. The molecule has 8 rings (SSSR count). The third kappa shape index (κ3) is 6.67. The Kier molecular flexibility index (Phi) is 8.81. The number of aromatic nitrogens is 4. The summed E-state index contributed by atoms with van der Waals surface area (Å²) in [5.74, 6) is -4.85. The zero-order valence-electron chi connectivity index (χ0n) is 27.6. The molecular formula is C34H36F5N9O3. The van der Waals surface area contributed by atoms with Gasteiger partial charge in [-0.05, 0) is 55.5 Å². The first-order chi connectivity index (χ1) is 24.3. The van der Waals surface area contributed by atoms with Crippen LogP contribution in [-0.2, 0) is 17.8 Å². The number of anilines is 3. The Morgan fingerprint density at radius 2 is 1.86 bits per heavy atom. The molecule has 0 unspecified atom stereocenters. The van der Waals surface area contributed by atoms with Gasteiger partial charge in [0.25, 0.3) is 11.8 Å². The van der Waals surface area contributed by atoms with Crippen molar-refractivity contribution in [2.75, 3.05) is 50.0 Å². The summed E-state index contributed by atoms with van der Waals surface area (Å²) >= 11 is 0. The lowest BCUT2D eigenvalue weighted by Crippen LogP contribution is -2.69. The van der Waals surface area contributed by atoms with Gasteiger partial charge in [0.05, 0.1) is 29.5 Å². The third-order valence-corrected chi connectivity index (χ3v) is 9.88. The van der Waals surface area contributed by atoms with Gasteiger partial charge >= 0.3 is 12.1 Å². The number of carbonyl (C=O) groups excluding carboxylic acids is 1. The number of rotatable bonds is 7. The van der Waals surface area contributed by atoms with Crippen LogP contribution in [0.25, 0.3) is 16.9 Å². The van der Waals surface area contributed by atoms with Crippen LogP contribution in [0.5, 0.6) is 0 Å². The number of hydrogen-bond donors (Lipinski definition) is 4. The van der Waals surface area contributed by atoms with Gasteiger partial charge in [0.15, 0.2) is 17.2 Å². The molecule has 2 saturated heterocycles. The van der Waals surface area contributed by atoms with E-state index in [-0.39, 0.29) is 18.5 Å². The van der Waals surface area contributed by atoms with E-state index >= 15 is 0 Å². The molecule has 0 radical (unpaired) electrons. The van der Waals surface area contributed by atoms with Gasteiger partial charge in [-0.1, -0.05) is 18.2 Å². The number of amides is 1. The van der Waals surface area contributed by atoms with E-state index in [0.717, 1.165) is 59.8 Å². The summed E-state index contributed by atoms with van der Waals surface area (Å²) < 4.78 is 62.5. The van der Waals surface area contributed by atoms with Gasteiger partial charge in [0.1, 0.15) is 0 Å². The third-order valence-electron chi connectivity index (χ3n) is 9.88. The van der Waals surface area contributed by atoms with Gasteiger partial charge in [-0.25, -0.2) is 23.1 Å². The monoisotopic (exact) mass is 713 g/mol. The summed E-state index contributed by atoms with van der Waals surface area (Å²) in [6.07, 6.45) is 1.72.